The minimum Gasteiger partial charge on any atom is -0.466 e. The third-order valence-electron chi connectivity index (χ3n) is 4.72. The Morgan fingerprint density at radius 2 is 1.95 bits per heavy atom. The zero-order valence-corrected chi connectivity index (χ0v) is 13.0. The van der Waals surface area contributed by atoms with Gasteiger partial charge in [-0.2, -0.15) is 0 Å². The molecule has 0 aromatic carbocycles. The van der Waals surface area contributed by atoms with Crippen LogP contribution in [0.5, 0.6) is 0 Å². The molecule has 2 aliphatic rings. The SMILES string of the molecule is CCOC(=O)C1CCN(C(=O)C2CCn3ccnc3C2)CC1. The number of nitrogens with zero attached hydrogens (tertiary/aromatic N) is 3. The highest BCUT2D eigenvalue weighted by Crippen LogP contribution is 2.25. The fourth-order valence-corrected chi connectivity index (χ4v) is 3.42. The predicted molar refractivity (Wildman–Crippen MR) is 80.0 cm³/mol. The van der Waals surface area contributed by atoms with Crippen molar-refractivity contribution in [3.63, 3.8) is 0 Å². The smallest absolute Gasteiger partial charge is 0.309 e. The molecule has 0 radical (unpaired) electrons. The third kappa shape index (κ3) is 3.00. The largest absolute Gasteiger partial charge is 0.466 e. The van der Waals surface area contributed by atoms with Crippen LogP contribution < -0.4 is 0 Å². The van der Waals surface area contributed by atoms with Crippen molar-refractivity contribution in [3.8, 4) is 0 Å². The summed E-state index contributed by atoms with van der Waals surface area (Å²) in [6, 6.07) is 0. The molecule has 1 atom stereocenters. The van der Waals surface area contributed by atoms with E-state index in [1.807, 2.05) is 18.0 Å². The molecule has 6 nitrogen and oxygen atoms in total. The van der Waals surface area contributed by atoms with E-state index in [-0.39, 0.29) is 23.7 Å². The molecule has 22 heavy (non-hydrogen) atoms. The summed E-state index contributed by atoms with van der Waals surface area (Å²) in [7, 11) is 0. The number of imidazole rings is 1. The Morgan fingerprint density at radius 3 is 2.68 bits per heavy atom. The van der Waals surface area contributed by atoms with Crippen LogP contribution in [0.25, 0.3) is 0 Å². The maximum Gasteiger partial charge on any atom is 0.309 e. The molecule has 0 spiro atoms. The molecule has 1 aromatic rings. The average Bonchev–Trinajstić information content (AvgIpc) is 3.02. The maximum atomic E-state index is 12.7. The second kappa shape index (κ2) is 6.50. The molecule has 0 saturated carbocycles. The molecular formula is C16H23N3O3. The summed E-state index contributed by atoms with van der Waals surface area (Å²) in [4.78, 5) is 30.6. The van der Waals surface area contributed by atoms with Crippen LogP contribution in [-0.4, -0.2) is 46.0 Å². The highest BCUT2D eigenvalue weighted by molar-refractivity contribution is 5.80. The number of ether oxygens (including phenoxy) is 1. The van der Waals surface area contributed by atoms with Crippen molar-refractivity contribution in [3.05, 3.63) is 18.2 Å². The van der Waals surface area contributed by atoms with Crippen LogP contribution in [0.2, 0.25) is 0 Å². The molecular weight excluding hydrogens is 282 g/mol. The van der Waals surface area contributed by atoms with Gasteiger partial charge in [-0.15, -0.1) is 0 Å². The molecule has 0 bridgehead atoms. The first-order valence-electron chi connectivity index (χ1n) is 8.14. The summed E-state index contributed by atoms with van der Waals surface area (Å²) in [5, 5.41) is 0. The van der Waals surface area contributed by atoms with Crippen LogP contribution in [0.1, 0.15) is 32.0 Å². The highest BCUT2D eigenvalue weighted by atomic mass is 16.5. The third-order valence-corrected chi connectivity index (χ3v) is 4.72. The topological polar surface area (TPSA) is 64.4 Å². The standard InChI is InChI=1S/C16H23N3O3/c1-2-22-16(21)12-3-8-19(9-4-12)15(20)13-5-7-18-10-6-17-14(18)11-13/h6,10,12-13H,2-5,7-9,11H2,1H3. The molecule has 1 fully saturated rings. The summed E-state index contributed by atoms with van der Waals surface area (Å²) < 4.78 is 7.19. The van der Waals surface area contributed by atoms with Crippen molar-refractivity contribution in [2.24, 2.45) is 11.8 Å². The van der Waals surface area contributed by atoms with Gasteiger partial charge in [-0.1, -0.05) is 0 Å². The Hall–Kier alpha value is -1.85. The Kier molecular flexibility index (Phi) is 4.45. The molecule has 1 aromatic heterocycles. The van der Waals surface area contributed by atoms with Gasteiger partial charge in [0.25, 0.3) is 0 Å². The van der Waals surface area contributed by atoms with Crippen LogP contribution in [0.4, 0.5) is 0 Å². The zero-order valence-electron chi connectivity index (χ0n) is 13.0. The number of likely N-dealkylation sites (tertiary alicyclic amines) is 1. The van der Waals surface area contributed by atoms with E-state index in [0.29, 0.717) is 32.5 Å². The monoisotopic (exact) mass is 305 g/mol. The predicted octanol–water partition coefficient (Wildman–Crippen LogP) is 1.25. The number of piperidine rings is 1. The van der Waals surface area contributed by atoms with Crippen molar-refractivity contribution in [1.82, 2.24) is 14.5 Å². The van der Waals surface area contributed by atoms with Gasteiger partial charge in [0.1, 0.15) is 5.82 Å². The number of carbonyl (C=O) groups excluding carboxylic acids is 2. The van der Waals surface area contributed by atoms with Gasteiger partial charge in [0.15, 0.2) is 0 Å². The summed E-state index contributed by atoms with van der Waals surface area (Å²) in [6.45, 7) is 4.43. The summed E-state index contributed by atoms with van der Waals surface area (Å²) in [5.41, 5.74) is 0. The van der Waals surface area contributed by atoms with E-state index < -0.39 is 0 Å². The summed E-state index contributed by atoms with van der Waals surface area (Å²) in [6.07, 6.45) is 6.80. The average molecular weight is 305 g/mol. The van der Waals surface area contributed by atoms with E-state index in [4.69, 9.17) is 4.74 Å². The fraction of sp³-hybridized carbons (Fsp3) is 0.688. The van der Waals surface area contributed by atoms with Crippen LogP contribution in [0, 0.1) is 11.8 Å². The number of esters is 1. The molecule has 0 N–H and O–H groups in total. The van der Waals surface area contributed by atoms with E-state index in [9.17, 15) is 9.59 Å². The first-order chi connectivity index (χ1) is 10.7. The first-order valence-corrected chi connectivity index (χ1v) is 8.14. The van der Waals surface area contributed by atoms with Gasteiger partial charge in [0.2, 0.25) is 5.91 Å². The number of aryl methyl sites for hydroxylation is 1. The molecule has 120 valence electrons. The van der Waals surface area contributed by atoms with Crippen molar-refractivity contribution in [2.45, 2.75) is 39.2 Å². The van der Waals surface area contributed by atoms with E-state index in [1.54, 1.807) is 6.20 Å². The van der Waals surface area contributed by atoms with Crippen molar-refractivity contribution >= 4 is 11.9 Å². The van der Waals surface area contributed by atoms with Crippen molar-refractivity contribution < 1.29 is 14.3 Å². The molecule has 1 unspecified atom stereocenters. The van der Waals surface area contributed by atoms with Crippen LogP contribution in [0.15, 0.2) is 12.4 Å². The van der Waals surface area contributed by atoms with Crippen LogP contribution >= 0.6 is 0 Å². The van der Waals surface area contributed by atoms with Gasteiger partial charge in [-0.05, 0) is 26.2 Å². The minimum atomic E-state index is -0.116. The van der Waals surface area contributed by atoms with E-state index in [2.05, 4.69) is 9.55 Å². The van der Waals surface area contributed by atoms with Crippen LogP contribution in [0.3, 0.4) is 0 Å². The van der Waals surface area contributed by atoms with E-state index in [0.717, 1.165) is 25.2 Å². The van der Waals surface area contributed by atoms with E-state index in [1.165, 1.54) is 0 Å². The number of hydrogen-bond acceptors (Lipinski definition) is 4. The van der Waals surface area contributed by atoms with Gasteiger partial charge in [-0.3, -0.25) is 9.59 Å². The number of hydrogen-bond donors (Lipinski definition) is 0. The number of aromatic nitrogens is 2. The Labute approximate surface area is 130 Å². The molecule has 3 heterocycles. The molecule has 1 saturated heterocycles. The highest BCUT2D eigenvalue weighted by Gasteiger charge is 2.33. The minimum absolute atomic E-state index is 0.0362. The molecule has 2 aliphatic heterocycles. The van der Waals surface area contributed by atoms with Gasteiger partial charge >= 0.3 is 5.97 Å². The number of carbonyl (C=O) groups is 2. The van der Waals surface area contributed by atoms with Gasteiger partial charge in [0, 0.05) is 44.4 Å². The second-order valence-electron chi connectivity index (χ2n) is 6.08. The Bertz CT molecular complexity index is 547. The van der Waals surface area contributed by atoms with Gasteiger partial charge in [-0.25, -0.2) is 4.98 Å². The lowest BCUT2D eigenvalue weighted by molar-refractivity contribution is -0.151. The first kappa shape index (κ1) is 15.1. The summed E-state index contributed by atoms with van der Waals surface area (Å²) >= 11 is 0. The van der Waals surface area contributed by atoms with Gasteiger partial charge < -0.3 is 14.2 Å². The Morgan fingerprint density at radius 1 is 1.23 bits per heavy atom. The van der Waals surface area contributed by atoms with Crippen LogP contribution in [-0.2, 0) is 27.3 Å². The normalized spacial score (nSPS) is 22.2. The summed E-state index contributed by atoms with van der Waals surface area (Å²) in [5.74, 6) is 1.10. The molecule has 0 aliphatic carbocycles. The lowest BCUT2D eigenvalue weighted by Crippen LogP contribution is -2.44. The molecule has 6 heteroatoms. The zero-order chi connectivity index (χ0) is 15.5. The van der Waals surface area contributed by atoms with Gasteiger partial charge in [0.05, 0.1) is 12.5 Å². The van der Waals surface area contributed by atoms with Crippen molar-refractivity contribution in [1.29, 1.82) is 0 Å². The molecule has 3 rings (SSSR count). The second-order valence-corrected chi connectivity index (χ2v) is 6.08. The maximum absolute atomic E-state index is 12.7. The van der Waals surface area contributed by atoms with Crippen molar-refractivity contribution in [2.75, 3.05) is 19.7 Å². The Balaban J connectivity index is 1.53. The quantitative estimate of drug-likeness (QED) is 0.788. The fourth-order valence-electron chi connectivity index (χ4n) is 3.42. The molecule has 1 amide bonds. The number of fused-ring (bicyclic) bond motifs is 1. The number of amides is 1. The number of rotatable bonds is 3. The lowest BCUT2D eigenvalue weighted by atomic mass is 9.92. The lowest BCUT2D eigenvalue weighted by Gasteiger charge is -2.34. The van der Waals surface area contributed by atoms with E-state index >= 15 is 0 Å².